The lowest BCUT2D eigenvalue weighted by molar-refractivity contribution is -0.132. The first kappa shape index (κ1) is 27.8. The van der Waals surface area contributed by atoms with E-state index in [0.29, 0.717) is 18.8 Å². The lowest BCUT2D eigenvalue weighted by Crippen LogP contribution is -2.42. The minimum Gasteiger partial charge on any atom is -0.385 e. The van der Waals surface area contributed by atoms with Crippen LogP contribution in [0.15, 0.2) is 60.9 Å². The number of likely N-dealkylation sites (tertiary alicyclic amines) is 1. The van der Waals surface area contributed by atoms with E-state index < -0.39 is 0 Å². The number of nitrogen functional groups attached to an aromatic ring is 1. The van der Waals surface area contributed by atoms with Gasteiger partial charge in [-0.3, -0.25) is 4.79 Å². The first-order chi connectivity index (χ1) is 19.4. The molecule has 2 unspecified atom stereocenters. The van der Waals surface area contributed by atoms with Gasteiger partial charge in [-0.2, -0.15) is 0 Å². The van der Waals surface area contributed by atoms with E-state index in [1.165, 1.54) is 22.2 Å². The fourth-order valence-electron chi connectivity index (χ4n) is 6.11. The maximum atomic E-state index is 13.4. The van der Waals surface area contributed by atoms with Gasteiger partial charge in [0.05, 0.1) is 0 Å². The van der Waals surface area contributed by atoms with Crippen molar-refractivity contribution in [3.63, 3.8) is 0 Å². The molecule has 8 heteroatoms. The molecule has 1 aliphatic rings. The van der Waals surface area contributed by atoms with Crippen LogP contribution in [0, 0.1) is 6.92 Å². The highest BCUT2D eigenvalue weighted by molar-refractivity contribution is 5.85. The second-order valence-electron chi connectivity index (χ2n) is 10.9. The van der Waals surface area contributed by atoms with Gasteiger partial charge in [-0.1, -0.05) is 42.5 Å². The molecule has 0 spiro atoms. The number of aryl methyl sites for hydroxylation is 2. The van der Waals surface area contributed by atoms with Crippen molar-refractivity contribution in [2.75, 3.05) is 32.5 Å². The number of carbonyl (C=O) groups is 1. The number of methoxy groups -OCH3 is 1. The number of hydrogen-bond acceptors (Lipinski definition) is 6. The second kappa shape index (κ2) is 12.6. The summed E-state index contributed by atoms with van der Waals surface area (Å²) in [6.45, 7) is 5.41. The summed E-state index contributed by atoms with van der Waals surface area (Å²) in [6, 6.07) is 16.6. The van der Waals surface area contributed by atoms with Crippen LogP contribution < -0.4 is 11.5 Å². The lowest BCUT2D eigenvalue weighted by Gasteiger charge is -2.34. The largest absolute Gasteiger partial charge is 0.385 e. The number of para-hydroxylation sites is 1. The fraction of sp³-hybridized carbons (Fsp3) is 0.406. The standard InChI is InChI=1S/C32H40N6O2/c1-22-28-8-3-4-9-29(28)38(15-6-16-40-2)31(22)25-7-5-14-37(21-25)30(39)18-27(33)17-23-10-12-24(13-11-23)26-19-35-32(34)36-20-26/h3-4,8-13,19-20,25,27H,5-7,14-18,21,33H2,1-2H3,(H2,34,35,36). The Morgan fingerprint density at radius 1 is 1.10 bits per heavy atom. The van der Waals surface area contributed by atoms with E-state index in [9.17, 15) is 4.79 Å². The minimum atomic E-state index is -0.235. The van der Waals surface area contributed by atoms with Gasteiger partial charge in [0.2, 0.25) is 11.9 Å². The zero-order valence-corrected chi connectivity index (χ0v) is 23.6. The number of anilines is 1. The Bertz CT molecular complexity index is 1430. The Kier molecular flexibility index (Phi) is 8.77. The Hall–Kier alpha value is -3.75. The molecule has 2 atom stereocenters. The average Bonchev–Trinajstić information content (AvgIpc) is 3.25. The molecular formula is C32H40N6O2. The maximum Gasteiger partial charge on any atom is 0.224 e. The molecule has 0 radical (unpaired) electrons. The first-order valence-corrected chi connectivity index (χ1v) is 14.2. The van der Waals surface area contributed by atoms with Crippen LogP contribution in [0.1, 0.15) is 48.4 Å². The quantitative estimate of drug-likeness (QED) is 0.282. The number of piperidine rings is 1. The third-order valence-electron chi connectivity index (χ3n) is 8.06. The van der Waals surface area contributed by atoms with Gasteiger partial charge in [0.25, 0.3) is 0 Å². The van der Waals surface area contributed by atoms with E-state index in [1.54, 1.807) is 19.5 Å². The van der Waals surface area contributed by atoms with Crippen LogP contribution in [0.2, 0.25) is 0 Å². The minimum absolute atomic E-state index is 0.146. The molecule has 2 aromatic carbocycles. The van der Waals surface area contributed by atoms with E-state index in [-0.39, 0.29) is 17.9 Å². The Labute approximate surface area is 236 Å². The monoisotopic (exact) mass is 540 g/mol. The summed E-state index contributed by atoms with van der Waals surface area (Å²) >= 11 is 0. The molecule has 5 rings (SSSR count). The Balaban J connectivity index is 1.23. The molecule has 1 fully saturated rings. The molecule has 210 valence electrons. The summed E-state index contributed by atoms with van der Waals surface area (Å²) in [5.74, 6) is 0.719. The van der Waals surface area contributed by atoms with Crippen LogP contribution in [-0.4, -0.2) is 58.2 Å². The number of ether oxygens (including phenoxy) is 1. The zero-order valence-electron chi connectivity index (χ0n) is 23.6. The molecule has 1 amide bonds. The van der Waals surface area contributed by atoms with Gasteiger partial charge in [0.15, 0.2) is 0 Å². The molecule has 2 aromatic heterocycles. The van der Waals surface area contributed by atoms with Crippen molar-refractivity contribution < 1.29 is 9.53 Å². The number of carbonyl (C=O) groups excluding carboxylic acids is 1. The van der Waals surface area contributed by atoms with E-state index in [0.717, 1.165) is 62.2 Å². The second-order valence-corrected chi connectivity index (χ2v) is 10.9. The zero-order chi connectivity index (χ0) is 28.1. The van der Waals surface area contributed by atoms with E-state index >= 15 is 0 Å². The number of nitrogens with zero attached hydrogens (tertiary/aromatic N) is 4. The smallest absolute Gasteiger partial charge is 0.224 e. The Morgan fingerprint density at radius 3 is 2.60 bits per heavy atom. The van der Waals surface area contributed by atoms with Crippen molar-refractivity contribution in [2.45, 2.75) is 57.5 Å². The summed E-state index contributed by atoms with van der Waals surface area (Å²) < 4.78 is 7.80. The molecule has 1 aliphatic heterocycles. The SMILES string of the molecule is COCCCn1c(C2CCCN(C(=O)CC(N)Cc3ccc(-c4cnc(N)nc4)cc3)C2)c(C)c2ccccc21. The van der Waals surface area contributed by atoms with Crippen molar-refractivity contribution in [1.29, 1.82) is 0 Å². The van der Waals surface area contributed by atoms with Gasteiger partial charge < -0.3 is 25.7 Å². The van der Waals surface area contributed by atoms with Crippen molar-refractivity contribution in [2.24, 2.45) is 5.73 Å². The predicted octanol–water partition coefficient (Wildman–Crippen LogP) is 4.69. The highest BCUT2D eigenvalue weighted by Gasteiger charge is 2.29. The van der Waals surface area contributed by atoms with Crippen LogP contribution in [0.25, 0.3) is 22.0 Å². The molecule has 40 heavy (non-hydrogen) atoms. The number of hydrogen-bond donors (Lipinski definition) is 2. The first-order valence-electron chi connectivity index (χ1n) is 14.2. The van der Waals surface area contributed by atoms with Crippen molar-refractivity contribution in [1.82, 2.24) is 19.4 Å². The number of aromatic nitrogens is 3. The molecule has 0 aliphatic carbocycles. The van der Waals surface area contributed by atoms with Gasteiger partial charge in [0.1, 0.15) is 0 Å². The van der Waals surface area contributed by atoms with E-state index in [4.69, 9.17) is 16.2 Å². The fourth-order valence-corrected chi connectivity index (χ4v) is 6.11. The Morgan fingerprint density at radius 2 is 1.85 bits per heavy atom. The van der Waals surface area contributed by atoms with Crippen LogP contribution in [-0.2, 0) is 22.5 Å². The maximum absolute atomic E-state index is 13.4. The third-order valence-corrected chi connectivity index (χ3v) is 8.06. The molecular weight excluding hydrogens is 500 g/mol. The van der Waals surface area contributed by atoms with Crippen molar-refractivity contribution >= 4 is 22.8 Å². The summed E-state index contributed by atoms with van der Waals surface area (Å²) in [4.78, 5) is 23.6. The highest BCUT2D eigenvalue weighted by atomic mass is 16.5. The average molecular weight is 541 g/mol. The lowest BCUT2D eigenvalue weighted by atomic mass is 9.91. The highest BCUT2D eigenvalue weighted by Crippen LogP contribution is 2.36. The molecule has 1 saturated heterocycles. The van der Waals surface area contributed by atoms with Gasteiger partial charge in [0, 0.05) is 86.3 Å². The number of rotatable bonds is 10. The normalized spacial score (nSPS) is 16.4. The molecule has 0 saturated carbocycles. The summed E-state index contributed by atoms with van der Waals surface area (Å²) in [7, 11) is 1.75. The van der Waals surface area contributed by atoms with Gasteiger partial charge in [-0.15, -0.1) is 0 Å². The van der Waals surface area contributed by atoms with Gasteiger partial charge in [-0.25, -0.2) is 9.97 Å². The summed E-state index contributed by atoms with van der Waals surface area (Å²) in [5.41, 5.74) is 19.1. The third kappa shape index (κ3) is 6.18. The molecule has 8 nitrogen and oxygen atoms in total. The molecule has 0 bridgehead atoms. The number of fused-ring (bicyclic) bond motifs is 1. The number of nitrogens with two attached hydrogens (primary N) is 2. The predicted molar refractivity (Wildman–Crippen MR) is 160 cm³/mol. The number of amides is 1. The topological polar surface area (TPSA) is 112 Å². The van der Waals surface area contributed by atoms with Gasteiger partial charge in [-0.05, 0) is 55.4 Å². The van der Waals surface area contributed by atoms with E-state index in [1.807, 2.05) is 17.0 Å². The molecule has 4 aromatic rings. The van der Waals surface area contributed by atoms with E-state index in [2.05, 4.69) is 57.9 Å². The van der Waals surface area contributed by atoms with Crippen molar-refractivity contribution in [3.05, 3.63) is 77.7 Å². The van der Waals surface area contributed by atoms with Crippen LogP contribution in [0.3, 0.4) is 0 Å². The number of benzene rings is 2. The van der Waals surface area contributed by atoms with Crippen LogP contribution >= 0.6 is 0 Å². The van der Waals surface area contributed by atoms with Crippen LogP contribution in [0.5, 0.6) is 0 Å². The molecule has 4 N–H and O–H groups in total. The summed E-state index contributed by atoms with van der Waals surface area (Å²) in [6.07, 6.45) is 7.47. The molecule has 3 heterocycles. The van der Waals surface area contributed by atoms with Crippen molar-refractivity contribution in [3.8, 4) is 11.1 Å². The van der Waals surface area contributed by atoms with Crippen LogP contribution in [0.4, 0.5) is 5.95 Å². The van der Waals surface area contributed by atoms with Gasteiger partial charge >= 0.3 is 0 Å². The summed E-state index contributed by atoms with van der Waals surface area (Å²) in [5, 5.41) is 1.30.